The summed E-state index contributed by atoms with van der Waals surface area (Å²) in [4.78, 5) is 3.12. The predicted octanol–water partition coefficient (Wildman–Crippen LogP) is 2.95. The third-order valence-corrected chi connectivity index (χ3v) is 1.46. The summed E-state index contributed by atoms with van der Waals surface area (Å²) in [5, 5.41) is 1.28. The lowest BCUT2D eigenvalue weighted by Crippen LogP contribution is -1.61. The minimum atomic E-state index is 1.21. The Morgan fingerprint density at radius 3 is 2.42 bits per heavy atom. The minimum Gasteiger partial charge on any atom is -0.361 e. The van der Waals surface area contributed by atoms with E-state index in [1.807, 2.05) is 39.3 Å². The molecule has 0 unspecified atom stereocenters. The van der Waals surface area contributed by atoms with Gasteiger partial charge in [-0.05, 0) is 17.5 Å². The van der Waals surface area contributed by atoms with E-state index in [0.29, 0.717) is 0 Å². The Morgan fingerprint density at radius 1 is 1.08 bits per heavy atom. The fourth-order valence-corrected chi connectivity index (χ4v) is 0.995. The molecule has 2 heteroatoms. The molecule has 2 rings (SSSR count). The van der Waals surface area contributed by atoms with E-state index in [1.165, 1.54) is 10.9 Å². The highest BCUT2D eigenvalue weighted by molar-refractivity contribution is 6.31. The van der Waals surface area contributed by atoms with Gasteiger partial charge in [0.2, 0.25) is 0 Å². The number of H-pyrrole nitrogens is 1. The van der Waals surface area contributed by atoms with Crippen LogP contribution in [0.3, 0.4) is 0 Å². The molecule has 1 heterocycles. The van der Waals surface area contributed by atoms with Crippen LogP contribution in [0.15, 0.2) is 36.5 Å². The first kappa shape index (κ1) is 8.92. The molecule has 2 aromatic rings. The zero-order valence-electron chi connectivity index (χ0n) is 7.54. The van der Waals surface area contributed by atoms with Crippen molar-refractivity contribution in [2.75, 3.05) is 0 Å². The van der Waals surface area contributed by atoms with Gasteiger partial charge >= 0.3 is 0 Å². The van der Waals surface area contributed by atoms with Crippen molar-refractivity contribution in [1.29, 1.82) is 0 Å². The zero-order chi connectivity index (χ0) is 8.81. The maximum atomic E-state index is 3.12. The van der Waals surface area contributed by atoms with Crippen LogP contribution in [-0.4, -0.2) is 12.3 Å². The van der Waals surface area contributed by atoms with Crippen molar-refractivity contribution < 1.29 is 0 Å². The van der Waals surface area contributed by atoms with E-state index < -0.39 is 0 Å². The number of fused-ring (bicyclic) bond motifs is 1. The number of para-hydroxylation sites is 1. The highest BCUT2D eigenvalue weighted by Gasteiger charge is 1.86. The van der Waals surface area contributed by atoms with Crippen LogP contribution >= 0.6 is 0 Å². The minimum absolute atomic E-state index is 1.21. The number of aromatic amines is 1. The molecule has 0 aliphatic carbocycles. The first-order chi connectivity index (χ1) is 5.88. The third-order valence-electron chi connectivity index (χ3n) is 1.46. The monoisotopic (exact) mass is 158 g/mol. The van der Waals surface area contributed by atoms with Crippen molar-refractivity contribution in [3.8, 4) is 0 Å². The Hall–Kier alpha value is -1.18. The molecule has 0 bridgehead atoms. The van der Waals surface area contributed by atoms with Gasteiger partial charge in [0.05, 0.1) is 0 Å². The van der Waals surface area contributed by atoms with Crippen LogP contribution in [0, 0.1) is 0 Å². The first-order valence-corrected chi connectivity index (χ1v) is 4.14. The number of hydrogen-bond acceptors (Lipinski definition) is 0. The summed E-state index contributed by atoms with van der Waals surface area (Å²) in [6.07, 6.45) is 1.95. The average molecular weight is 158 g/mol. The van der Waals surface area contributed by atoms with Crippen molar-refractivity contribution >= 4 is 18.2 Å². The van der Waals surface area contributed by atoms with Crippen LogP contribution in [0.5, 0.6) is 0 Å². The predicted molar refractivity (Wildman–Crippen MR) is 55.8 cm³/mol. The van der Waals surface area contributed by atoms with Gasteiger partial charge in [0.1, 0.15) is 7.28 Å². The second-order valence-electron chi connectivity index (χ2n) is 2.64. The summed E-state index contributed by atoms with van der Waals surface area (Å²) in [7, 11) is 2.00. The molecule has 0 aliphatic heterocycles. The second-order valence-corrected chi connectivity index (χ2v) is 2.64. The Labute approximate surface area is 74.0 Å². The Morgan fingerprint density at radius 2 is 1.75 bits per heavy atom. The summed E-state index contributed by atoms with van der Waals surface area (Å²) < 4.78 is 0. The average Bonchev–Trinajstić information content (AvgIpc) is 2.52. The summed E-state index contributed by atoms with van der Waals surface area (Å²) in [6, 6.07) is 10.3. The summed E-state index contributed by atoms with van der Waals surface area (Å²) in [6.45, 7) is 4.00. The van der Waals surface area contributed by atoms with Crippen molar-refractivity contribution in [3.63, 3.8) is 0 Å². The zero-order valence-corrected chi connectivity index (χ0v) is 7.54. The molecule has 0 fully saturated rings. The van der Waals surface area contributed by atoms with Crippen molar-refractivity contribution in [2.24, 2.45) is 0 Å². The summed E-state index contributed by atoms with van der Waals surface area (Å²) >= 11 is 0. The molecule has 1 aromatic heterocycles. The molecule has 0 atom stereocenters. The smallest absolute Gasteiger partial charge is 0.102 e. The van der Waals surface area contributed by atoms with Gasteiger partial charge in [-0.15, -0.1) is 0 Å². The molecule has 1 N–H and O–H groups in total. The van der Waals surface area contributed by atoms with Gasteiger partial charge in [0.15, 0.2) is 0 Å². The van der Waals surface area contributed by atoms with E-state index in [-0.39, 0.29) is 0 Å². The molecule has 0 saturated carbocycles. The largest absolute Gasteiger partial charge is 0.361 e. The van der Waals surface area contributed by atoms with Crippen LogP contribution in [0.4, 0.5) is 0 Å². The third kappa shape index (κ3) is 2.16. The van der Waals surface area contributed by atoms with E-state index in [1.54, 1.807) is 0 Å². The van der Waals surface area contributed by atoms with E-state index in [9.17, 15) is 0 Å². The lowest BCUT2D eigenvalue weighted by Gasteiger charge is -1.83. The van der Waals surface area contributed by atoms with Crippen LogP contribution < -0.4 is 0 Å². The van der Waals surface area contributed by atoms with Gasteiger partial charge in [-0.2, -0.15) is 0 Å². The highest BCUT2D eigenvalue weighted by atomic mass is 14.6. The van der Waals surface area contributed by atoms with E-state index in [2.05, 4.69) is 23.2 Å². The molecule has 12 heavy (non-hydrogen) atoms. The molecule has 0 saturated heterocycles. The molecule has 0 aliphatic rings. The summed E-state index contributed by atoms with van der Waals surface area (Å²) in [5.41, 5.74) is 1.21. The van der Waals surface area contributed by atoms with E-state index >= 15 is 0 Å². The Kier molecular flexibility index (Phi) is 3.46. The number of aromatic nitrogens is 1. The van der Waals surface area contributed by atoms with Crippen LogP contribution in [0.1, 0.15) is 0 Å². The lowest BCUT2D eigenvalue weighted by atomic mass is 9.88. The Bertz CT molecular complexity index is 297. The molecular formula is C10H13BN. The van der Waals surface area contributed by atoms with Gasteiger partial charge < -0.3 is 4.98 Å². The maximum absolute atomic E-state index is 3.12. The number of hydrogen-bond donors (Lipinski definition) is 1. The van der Waals surface area contributed by atoms with E-state index in [4.69, 9.17) is 0 Å². The molecule has 0 amide bonds. The van der Waals surface area contributed by atoms with Crippen LogP contribution in [-0.2, 0) is 0 Å². The van der Waals surface area contributed by atoms with Crippen LogP contribution in [0.2, 0.25) is 13.6 Å². The second kappa shape index (κ2) is 4.65. The van der Waals surface area contributed by atoms with Crippen molar-refractivity contribution in [1.82, 2.24) is 4.98 Å². The van der Waals surface area contributed by atoms with Gasteiger partial charge in [0, 0.05) is 11.7 Å². The quantitative estimate of drug-likeness (QED) is 0.567. The Balaban J connectivity index is 0.000000213. The van der Waals surface area contributed by atoms with Gasteiger partial charge in [-0.25, -0.2) is 0 Å². The number of benzene rings is 1. The molecule has 1 radical (unpaired) electrons. The maximum Gasteiger partial charge on any atom is 0.102 e. The highest BCUT2D eigenvalue weighted by Crippen LogP contribution is 2.09. The molecule has 61 valence electrons. The first-order valence-electron chi connectivity index (χ1n) is 4.14. The number of nitrogens with one attached hydrogen (secondary N) is 1. The van der Waals surface area contributed by atoms with Gasteiger partial charge in [-0.1, -0.05) is 31.8 Å². The van der Waals surface area contributed by atoms with Crippen molar-refractivity contribution in [2.45, 2.75) is 13.6 Å². The fourth-order valence-electron chi connectivity index (χ4n) is 0.995. The van der Waals surface area contributed by atoms with Crippen molar-refractivity contribution in [3.05, 3.63) is 36.5 Å². The molecule has 1 aromatic carbocycles. The SMILES string of the molecule is C[B]C.c1ccc2[nH]ccc2c1. The normalized spacial score (nSPS) is 8.83. The van der Waals surface area contributed by atoms with Crippen LogP contribution in [0.25, 0.3) is 10.9 Å². The molecule has 0 spiro atoms. The standard InChI is InChI=1S/C8H7N.C2H6B/c1-2-4-8-7(3-1)5-6-9-8;1-3-2/h1-6,9H;1-2H3. The summed E-state index contributed by atoms with van der Waals surface area (Å²) in [5.74, 6) is 0. The fraction of sp³-hybridized carbons (Fsp3) is 0.200. The van der Waals surface area contributed by atoms with Gasteiger partial charge in [-0.3, -0.25) is 0 Å². The lowest BCUT2D eigenvalue weighted by molar-refractivity contribution is 1.48. The topological polar surface area (TPSA) is 15.8 Å². The number of rotatable bonds is 0. The van der Waals surface area contributed by atoms with Gasteiger partial charge in [0.25, 0.3) is 0 Å². The molecular weight excluding hydrogens is 145 g/mol. The molecule has 1 nitrogen and oxygen atoms in total. The van der Waals surface area contributed by atoms with E-state index in [0.717, 1.165) is 0 Å².